The summed E-state index contributed by atoms with van der Waals surface area (Å²) in [5, 5.41) is 16.7. The molecular formula is C60H69N11O11S. The van der Waals surface area contributed by atoms with Crippen LogP contribution < -0.4 is 38.8 Å². The van der Waals surface area contributed by atoms with Crippen molar-refractivity contribution >= 4 is 55.4 Å². The molecule has 0 radical (unpaired) electrons. The summed E-state index contributed by atoms with van der Waals surface area (Å²) in [6, 6.07) is 20.4. The number of ether oxygens (including phenoxy) is 6. The van der Waals surface area contributed by atoms with Gasteiger partial charge in [-0.1, -0.05) is 18.2 Å². The third-order valence-corrected chi connectivity index (χ3v) is 20.0. The van der Waals surface area contributed by atoms with E-state index in [2.05, 4.69) is 82.7 Å². The molecule has 83 heavy (non-hydrogen) atoms. The number of hydrogen-bond acceptors (Lipinski definition) is 19. The topological polar surface area (TPSA) is 241 Å². The van der Waals surface area contributed by atoms with E-state index in [4.69, 9.17) is 33.4 Å². The summed E-state index contributed by atoms with van der Waals surface area (Å²) in [7, 11) is -4.72. The fourth-order valence-corrected chi connectivity index (χ4v) is 15.3. The van der Waals surface area contributed by atoms with Gasteiger partial charge in [0.2, 0.25) is 11.8 Å². The van der Waals surface area contributed by atoms with E-state index in [0.29, 0.717) is 67.7 Å². The number of H-pyrrole nitrogens is 1. The van der Waals surface area contributed by atoms with Crippen LogP contribution in [0.15, 0.2) is 90.2 Å². The maximum Gasteiger partial charge on any atom is 0.297 e. The average Bonchev–Trinajstić information content (AvgIpc) is 4.07. The highest BCUT2D eigenvalue weighted by Crippen LogP contribution is 2.54. The van der Waals surface area contributed by atoms with Gasteiger partial charge in [0, 0.05) is 118 Å². The second-order valence-electron chi connectivity index (χ2n) is 23.9. The summed E-state index contributed by atoms with van der Waals surface area (Å²) in [6.07, 6.45) is 11.8. The molecule has 7 aliphatic heterocycles. The predicted octanol–water partition coefficient (Wildman–Crippen LogP) is 7.57. The number of pyridine rings is 1. The van der Waals surface area contributed by atoms with E-state index in [1.165, 1.54) is 11.6 Å². The Morgan fingerprint density at radius 2 is 1.70 bits per heavy atom. The molecule has 0 unspecified atom stereocenters. The zero-order valence-electron chi connectivity index (χ0n) is 46.6. The zero-order chi connectivity index (χ0) is 56.6. The van der Waals surface area contributed by atoms with Crippen LogP contribution in [0.2, 0.25) is 0 Å². The number of benzene rings is 3. The largest absolute Gasteiger partial charge is 0.491 e. The minimum absolute atomic E-state index is 0.0226. The molecule has 436 valence electrons. The number of aromatic nitrogens is 4. The summed E-state index contributed by atoms with van der Waals surface area (Å²) in [6.45, 7) is 11.1. The van der Waals surface area contributed by atoms with Crippen LogP contribution in [0, 0.1) is 21.4 Å². The van der Waals surface area contributed by atoms with Gasteiger partial charge >= 0.3 is 0 Å². The summed E-state index contributed by atoms with van der Waals surface area (Å²) in [4.78, 5) is 53.3. The zero-order valence-corrected chi connectivity index (χ0v) is 47.4. The van der Waals surface area contributed by atoms with Crippen LogP contribution in [0.3, 0.4) is 0 Å². The van der Waals surface area contributed by atoms with Gasteiger partial charge < -0.3 is 48.5 Å². The molecule has 1 aliphatic carbocycles. The summed E-state index contributed by atoms with van der Waals surface area (Å²) < 4.78 is 68.0. The number of piperidine rings is 1. The normalized spacial score (nSPS) is 24.7. The highest BCUT2D eigenvalue weighted by molar-refractivity contribution is 7.90. The molecule has 4 saturated heterocycles. The second-order valence-corrected chi connectivity index (χ2v) is 25.6. The lowest BCUT2D eigenvalue weighted by molar-refractivity contribution is -0.384. The number of nitro benzene ring substituents is 1. The van der Waals surface area contributed by atoms with E-state index in [-0.39, 0.29) is 71.8 Å². The molecule has 14 rings (SSSR count). The summed E-state index contributed by atoms with van der Waals surface area (Å²) in [5.41, 5.74) is 4.65. The van der Waals surface area contributed by atoms with Crippen molar-refractivity contribution in [1.29, 1.82) is 0 Å². The van der Waals surface area contributed by atoms with E-state index >= 15 is 0 Å². The van der Waals surface area contributed by atoms with Crippen LogP contribution in [-0.2, 0) is 25.9 Å². The number of sulfonamides is 1. The Kier molecular flexibility index (Phi) is 14.0. The molecule has 3 N–H and O–H groups in total. The second kappa shape index (κ2) is 21.7. The van der Waals surface area contributed by atoms with Gasteiger partial charge in [-0.05, 0) is 107 Å². The Morgan fingerprint density at radius 1 is 0.880 bits per heavy atom. The lowest BCUT2D eigenvalue weighted by Gasteiger charge is -2.58. The Labute approximate surface area is 481 Å². The number of amides is 1. The third kappa shape index (κ3) is 10.2. The Balaban J connectivity index is 0.735. The highest BCUT2D eigenvalue weighted by Gasteiger charge is 2.51. The molecule has 6 aromatic rings. The molecule has 1 saturated carbocycles. The highest BCUT2D eigenvalue weighted by atomic mass is 32.2. The van der Waals surface area contributed by atoms with E-state index in [1.807, 2.05) is 30.5 Å². The summed E-state index contributed by atoms with van der Waals surface area (Å²) in [5.74, 6) is 1.20. The molecule has 0 bridgehead atoms. The van der Waals surface area contributed by atoms with Crippen LogP contribution in [0.5, 0.6) is 23.3 Å². The molecule has 23 heteroatoms. The first-order chi connectivity index (χ1) is 40.3. The SMILES string of the molecule is CC(C)Oc1ccccc1[C@@H]1CN([C@@H]2COc3nccnc3C2)CCN1C1CC2(CCN(c3ccc(C(=O)NS(=O)(=O)c4cc5c(c([N+](=O)[O-])c4)N[C@H](C4CCOCC4)CO5)c(N4c5cc6cc[nH]c6nc5O[C@H]5COCC[C@@H]54)c3)CC2)C1. The van der Waals surface area contributed by atoms with Gasteiger partial charge in [0.1, 0.15) is 42.1 Å². The smallest absolute Gasteiger partial charge is 0.297 e. The van der Waals surface area contributed by atoms with Gasteiger partial charge in [0.15, 0.2) is 11.4 Å². The summed E-state index contributed by atoms with van der Waals surface area (Å²) >= 11 is 0. The van der Waals surface area contributed by atoms with Crippen molar-refractivity contribution < 1.29 is 46.6 Å². The molecular weight excluding hydrogens is 1080 g/mol. The number of aromatic amines is 1. The molecule has 1 amide bonds. The third-order valence-electron chi connectivity index (χ3n) is 18.6. The number of para-hydroxylation sites is 1. The Bertz CT molecular complexity index is 3560. The Morgan fingerprint density at radius 3 is 2.53 bits per heavy atom. The lowest BCUT2D eigenvalue weighted by Crippen LogP contribution is -2.61. The van der Waals surface area contributed by atoms with Crippen LogP contribution in [0.1, 0.15) is 86.5 Å². The predicted molar refractivity (Wildman–Crippen MR) is 308 cm³/mol. The van der Waals surface area contributed by atoms with Crippen LogP contribution >= 0.6 is 0 Å². The first-order valence-electron chi connectivity index (χ1n) is 29.3. The molecule has 5 atom stereocenters. The van der Waals surface area contributed by atoms with Crippen molar-refractivity contribution in [3.8, 4) is 23.3 Å². The van der Waals surface area contributed by atoms with Crippen molar-refractivity contribution in [3.63, 3.8) is 0 Å². The minimum Gasteiger partial charge on any atom is -0.491 e. The first-order valence-corrected chi connectivity index (χ1v) is 30.8. The number of carbonyl (C=O) groups is 1. The van der Waals surface area contributed by atoms with Crippen molar-refractivity contribution in [2.75, 3.05) is 87.5 Å². The minimum atomic E-state index is -4.72. The molecule has 3 aromatic heterocycles. The number of anilines is 4. The van der Waals surface area contributed by atoms with E-state index in [1.54, 1.807) is 18.5 Å². The van der Waals surface area contributed by atoms with Crippen molar-refractivity contribution in [3.05, 3.63) is 112 Å². The van der Waals surface area contributed by atoms with E-state index in [0.717, 1.165) is 106 Å². The molecule has 1 spiro atoms. The van der Waals surface area contributed by atoms with Gasteiger partial charge in [-0.15, -0.1) is 0 Å². The van der Waals surface area contributed by atoms with Crippen molar-refractivity contribution in [1.82, 2.24) is 34.5 Å². The number of carbonyl (C=O) groups excluding carboxylic acids is 1. The van der Waals surface area contributed by atoms with Crippen LogP contribution in [0.25, 0.3) is 11.0 Å². The number of hydrogen-bond donors (Lipinski definition) is 3. The first kappa shape index (κ1) is 53.7. The molecule has 8 aliphatic rings. The van der Waals surface area contributed by atoms with Gasteiger partial charge in [0.25, 0.3) is 21.6 Å². The van der Waals surface area contributed by atoms with Gasteiger partial charge in [0.05, 0.1) is 51.9 Å². The number of nitrogens with one attached hydrogen (secondary N) is 3. The van der Waals surface area contributed by atoms with Crippen molar-refractivity contribution in [2.24, 2.45) is 11.3 Å². The lowest BCUT2D eigenvalue weighted by atomic mass is 9.59. The molecule has 22 nitrogen and oxygen atoms in total. The van der Waals surface area contributed by atoms with Crippen LogP contribution in [0.4, 0.5) is 28.4 Å². The number of nitrogens with zero attached hydrogens (tertiary/aromatic N) is 8. The van der Waals surface area contributed by atoms with Gasteiger partial charge in [-0.3, -0.25) is 29.7 Å². The quantitative estimate of drug-likeness (QED) is 0.0791. The fraction of sp³-hybridized carbons (Fsp3) is 0.500. The average molecular weight is 1150 g/mol. The van der Waals surface area contributed by atoms with Crippen molar-refractivity contribution in [2.45, 2.75) is 113 Å². The maximum absolute atomic E-state index is 14.9. The fourth-order valence-electron chi connectivity index (χ4n) is 14.3. The van der Waals surface area contributed by atoms with E-state index < -0.39 is 37.5 Å². The number of fused-ring (bicyclic) bond motifs is 5. The molecule has 10 heterocycles. The van der Waals surface area contributed by atoms with Gasteiger partial charge in [-0.25, -0.2) is 18.1 Å². The molecule has 3 aromatic carbocycles. The Hall–Kier alpha value is -7.31. The van der Waals surface area contributed by atoms with Gasteiger partial charge in [-0.2, -0.15) is 4.98 Å². The number of piperazine rings is 1. The standard InChI is InChI=1S/C60H69N11O11S/c1-36(2)81-52-6-4-3-5-43(52)51-32-68(40-26-45-58(80-33-40)63-17-16-61-45)20-21-69(51)41-30-60(31-41)13-18-67(19-14-60)39-7-8-44(48(27-39)70-47-12-24-78-35-54(47)82-59-50(70)25-38-9-15-62-56(38)65-59)57(72)66-83(75,76)42-28-49(71(73)74)55-53(29-42)79-34-46(64-55)37-10-22-77-23-11-37/h3-9,15-17,25,27-29,36-37,40-41,46-47,51,54,64H,10-14,18-24,26,30-35H2,1-2H3,(H,62,65)(H,66,72)/t40-,46-,47-,51-,54-/m0/s1. The monoisotopic (exact) mass is 1150 g/mol. The molecule has 5 fully saturated rings. The maximum atomic E-state index is 14.9. The number of rotatable bonds is 12. The van der Waals surface area contributed by atoms with Crippen LogP contribution in [-0.4, -0.2) is 158 Å². The number of nitro groups is 1. The van der Waals surface area contributed by atoms with E-state index in [9.17, 15) is 23.3 Å².